The first-order valence-corrected chi connectivity index (χ1v) is 3.30. The fourth-order valence-electron chi connectivity index (χ4n) is 0.851. The highest BCUT2D eigenvalue weighted by Gasteiger charge is 2.07. The third-order valence-corrected chi connectivity index (χ3v) is 1.36. The van der Waals surface area contributed by atoms with Crippen molar-refractivity contribution in [2.75, 3.05) is 0 Å². The van der Waals surface area contributed by atoms with E-state index < -0.39 is 5.97 Å². The van der Waals surface area contributed by atoms with Crippen molar-refractivity contribution in [3.05, 3.63) is 29.6 Å². The summed E-state index contributed by atoms with van der Waals surface area (Å²) >= 11 is 0. The quantitative estimate of drug-likeness (QED) is 0.560. The van der Waals surface area contributed by atoms with Crippen LogP contribution in [0, 0.1) is 0 Å². The summed E-state index contributed by atoms with van der Waals surface area (Å²) in [6.07, 6.45) is 1.36. The van der Waals surface area contributed by atoms with E-state index in [1.807, 2.05) is 0 Å². The molecule has 1 rings (SSSR count). The summed E-state index contributed by atoms with van der Waals surface area (Å²) in [6, 6.07) is 2.73. The molecule has 12 heavy (non-hydrogen) atoms. The molecule has 62 valence electrons. The van der Waals surface area contributed by atoms with E-state index >= 15 is 0 Å². The molecule has 0 aliphatic carbocycles. The Morgan fingerprint density at radius 3 is 2.58 bits per heavy atom. The number of hydrogen-bond acceptors (Lipinski definition) is 4. The van der Waals surface area contributed by atoms with Crippen LogP contribution in [0.25, 0.3) is 0 Å². The molecular weight excluding hydrogens is 158 g/mol. The van der Waals surface area contributed by atoms with Crippen LogP contribution in [0.2, 0.25) is 0 Å². The second-order valence-corrected chi connectivity index (χ2v) is 2.24. The minimum absolute atomic E-state index is 0.0579. The van der Waals surface area contributed by atoms with E-state index in [0.717, 1.165) is 0 Å². The second kappa shape index (κ2) is 3.13. The molecule has 0 fully saturated rings. The number of hydrogen-bond donors (Lipinski definition) is 0. The van der Waals surface area contributed by atoms with Gasteiger partial charge in [0.05, 0.1) is 5.97 Å². The number of ketones is 1. The van der Waals surface area contributed by atoms with Gasteiger partial charge in [-0.05, 0) is 12.1 Å². The number of Topliss-reactive ketones (excluding diaryl/α,β-unsaturated/α-hetero) is 1. The lowest BCUT2D eigenvalue weighted by Gasteiger charge is -2.04. The second-order valence-electron chi connectivity index (χ2n) is 2.24. The van der Waals surface area contributed by atoms with Gasteiger partial charge in [-0.25, -0.2) is 0 Å². The van der Waals surface area contributed by atoms with E-state index in [9.17, 15) is 14.7 Å². The molecule has 1 aromatic rings. The summed E-state index contributed by atoms with van der Waals surface area (Å²) in [7, 11) is 0. The summed E-state index contributed by atoms with van der Waals surface area (Å²) in [5.74, 6) is -1.76. The van der Waals surface area contributed by atoms with Gasteiger partial charge in [-0.15, -0.1) is 0 Å². The van der Waals surface area contributed by atoms with Gasteiger partial charge in [0.15, 0.2) is 5.78 Å². The number of pyridine rings is 1. The van der Waals surface area contributed by atoms with Crippen LogP contribution in [-0.4, -0.2) is 16.7 Å². The van der Waals surface area contributed by atoms with E-state index in [2.05, 4.69) is 4.98 Å². The Balaban J connectivity index is 3.27. The van der Waals surface area contributed by atoms with E-state index in [1.54, 1.807) is 0 Å². The van der Waals surface area contributed by atoms with Gasteiger partial charge in [0.25, 0.3) is 0 Å². The van der Waals surface area contributed by atoms with Gasteiger partial charge >= 0.3 is 0 Å². The molecule has 0 bridgehead atoms. The average molecular weight is 164 g/mol. The normalized spacial score (nSPS) is 9.42. The van der Waals surface area contributed by atoms with Crippen molar-refractivity contribution < 1.29 is 14.7 Å². The van der Waals surface area contributed by atoms with Crippen molar-refractivity contribution in [3.8, 4) is 0 Å². The molecule has 0 atom stereocenters. The minimum Gasteiger partial charge on any atom is -0.545 e. The Morgan fingerprint density at radius 2 is 2.17 bits per heavy atom. The molecule has 0 aliphatic heterocycles. The maximum Gasteiger partial charge on any atom is 0.178 e. The lowest BCUT2D eigenvalue weighted by molar-refractivity contribution is -0.255. The third kappa shape index (κ3) is 1.47. The van der Waals surface area contributed by atoms with Crippen molar-refractivity contribution in [2.24, 2.45) is 0 Å². The van der Waals surface area contributed by atoms with Crippen LogP contribution in [0.1, 0.15) is 27.8 Å². The summed E-state index contributed by atoms with van der Waals surface area (Å²) in [4.78, 5) is 24.9. The van der Waals surface area contributed by atoms with Gasteiger partial charge in [-0.2, -0.15) is 0 Å². The fourth-order valence-corrected chi connectivity index (χ4v) is 0.851. The van der Waals surface area contributed by atoms with Crippen LogP contribution in [-0.2, 0) is 0 Å². The highest BCUT2D eigenvalue weighted by Crippen LogP contribution is 2.04. The molecule has 0 saturated carbocycles. The highest BCUT2D eigenvalue weighted by molar-refractivity contribution is 6.02. The van der Waals surface area contributed by atoms with Crippen molar-refractivity contribution in [1.29, 1.82) is 0 Å². The van der Waals surface area contributed by atoms with Gasteiger partial charge in [-0.3, -0.25) is 9.78 Å². The predicted octanol–water partition coefficient (Wildman–Crippen LogP) is -0.352. The van der Waals surface area contributed by atoms with Crippen LogP contribution in [0.15, 0.2) is 18.3 Å². The van der Waals surface area contributed by atoms with E-state index in [-0.39, 0.29) is 17.0 Å². The zero-order chi connectivity index (χ0) is 9.14. The Morgan fingerprint density at radius 1 is 1.50 bits per heavy atom. The predicted molar refractivity (Wildman–Crippen MR) is 38.6 cm³/mol. The van der Waals surface area contributed by atoms with E-state index in [4.69, 9.17) is 0 Å². The molecule has 0 amide bonds. The maximum atomic E-state index is 10.8. The number of rotatable bonds is 2. The number of aromatic nitrogens is 1. The zero-order valence-electron chi connectivity index (χ0n) is 6.40. The molecule has 0 spiro atoms. The molecule has 0 aliphatic rings. The molecule has 0 N–H and O–H groups in total. The molecule has 0 saturated heterocycles. The monoisotopic (exact) mass is 164 g/mol. The van der Waals surface area contributed by atoms with E-state index in [0.29, 0.717) is 0 Å². The van der Waals surface area contributed by atoms with Crippen LogP contribution >= 0.6 is 0 Å². The number of carboxylic acid groups (broad SMARTS) is 1. The maximum absolute atomic E-state index is 10.8. The van der Waals surface area contributed by atoms with Crippen molar-refractivity contribution in [3.63, 3.8) is 0 Å². The average Bonchev–Trinajstić information content (AvgIpc) is 2.04. The molecule has 0 unspecified atom stereocenters. The fraction of sp³-hybridized carbons (Fsp3) is 0.125. The molecule has 0 aromatic carbocycles. The topological polar surface area (TPSA) is 70.1 Å². The van der Waals surface area contributed by atoms with Crippen molar-refractivity contribution >= 4 is 11.8 Å². The van der Waals surface area contributed by atoms with Crippen LogP contribution in [0.5, 0.6) is 0 Å². The minimum atomic E-state index is -1.38. The lowest BCUT2D eigenvalue weighted by Crippen LogP contribution is -2.25. The Labute approximate surface area is 68.9 Å². The Hall–Kier alpha value is -1.71. The molecule has 4 nitrogen and oxygen atoms in total. The highest BCUT2D eigenvalue weighted by atomic mass is 16.4. The molecule has 4 heteroatoms. The third-order valence-electron chi connectivity index (χ3n) is 1.36. The number of carboxylic acids is 1. The van der Waals surface area contributed by atoms with Crippen molar-refractivity contribution in [2.45, 2.75) is 6.92 Å². The molecule has 0 radical (unpaired) electrons. The summed E-state index contributed by atoms with van der Waals surface area (Å²) in [5, 5.41) is 10.4. The first-order chi connectivity index (χ1) is 5.63. The van der Waals surface area contributed by atoms with Crippen LogP contribution in [0.3, 0.4) is 0 Å². The molecular formula is C8H6NO3-. The van der Waals surface area contributed by atoms with Gasteiger partial charge < -0.3 is 9.90 Å². The van der Waals surface area contributed by atoms with Gasteiger partial charge in [0.2, 0.25) is 0 Å². The van der Waals surface area contributed by atoms with Gasteiger partial charge in [0, 0.05) is 18.7 Å². The number of aromatic carboxylic acids is 1. The first-order valence-electron chi connectivity index (χ1n) is 3.30. The van der Waals surface area contributed by atoms with Crippen LogP contribution in [0.4, 0.5) is 0 Å². The van der Waals surface area contributed by atoms with Gasteiger partial charge in [0.1, 0.15) is 5.69 Å². The Bertz CT molecular complexity index is 300. The van der Waals surface area contributed by atoms with E-state index in [1.165, 1.54) is 25.3 Å². The smallest absolute Gasteiger partial charge is 0.178 e. The molecule has 1 aromatic heterocycles. The zero-order valence-corrected chi connectivity index (χ0v) is 6.40. The number of carbonyl (C=O) groups is 2. The largest absolute Gasteiger partial charge is 0.545 e. The number of nitrogens with zero attached hydrogens (tertiary/aromatic N) is 1. The van der Waals surface area contributed by atoms with Crippen molar-refractivity contribution in [1.82, 2.24) is 4.98 Å². The SMILES string of the molecule is CC(=O)c1ncccc1C(=O)[O-]. The standard InChI is InChI=1S/C8H7NO3/c1-5(10)7-6(8(11)12)3-2-4-9-7/h2-4H,1H3,(H,11,12)/p-1. The van der Waals surface area contributed by atoms with Crippen LogP contribution < -0.4 is 5.11 Å². The summed E-state index contributed by atoms with van der Waals surface area (Å²) in [6.45, 7) is 1.26. The first kappa shape index (κ1) is 8.39. The summed E-state index contributed by atoms with van der Waals surface area (Å²) in [5.41, 5.74) is -0.220. The number of carbonyl (C=O) groups excluding carboxylic acids is 2. The molecule has 1 heterocycles. The lowest BCUT2D eigenvalue weighted by atomic mass is 10.1. The summed E-state index contributed by atoms with van der Waals surface area (Å²) < 4.78 is 0. The van der Waals surface area contributed by atoms with Gasteiger partial charge in [-0.1, -0.05) is 0 Å². The Kier molecular flexibility index (Phi) is 2.19.